The number of halogens is 11. The highest BCUT2D eigenvalue weighted by Gasteiger charge is 2.44. The maximum Gasteiger partial charge on any atom is 0.434 e. The number of benzene rings is 2. The first-order valence-electron chi connectivity index (χ1n) is 23.7. The van der Waals surface area contributed by atoms with Crippen LogP contribution in [0.2, 0.25) is 0 Å². The number of sulfonamides is 2. The summed E-state index contributed by atoms with van der Waals surface area (Å²) in [5, 5.41) is 35.5. The number of hydrogen-bond donors (Lipinski definition) is 3. The zero-order chi connectivity index (χ0) is 63.6. The second-order valence-corrected chi connectivity index (χ2v) is 21.0. The number of hydrogen-bond acceptors (Lipinski definition) is 19. The minimum atomic E-state index is -5.03. The highest BCUT2D eigenvalue weighted by atomic mass is 32.2. The number of esters is 2. The Balaban J connectivity index is 0.000000251. The molecule has 5 aromatic rings. The fraction of sp³-hybridized carbons (Fsp3) is 0.300. The van der Waals surface area contributed by atoms with Gasteiger partial charge in [0.2, 0.25) is 31.9 Å². The zero-order valence-corrected chi connectivity index (χ0v) is 44.9. The van der Waals surface area contributed by atoms with Crippen molar-refractivity contribution in [1.29, 1.82) is 15.8 Å². The van der Waals surface area contributed by atoms with Crippen molar-refractivity contribution in [2.45, 2.75) is 43.9 Å². The molecular weight excluding hydrogens is 1210 g/mol. The van der Waals surface area contributed by atoms with E-state index in [0.29, 0.717) is 6.07 Å². The van der Waals surface area contributed by atoms with Crippen LogP contribution in [0.3, 0.4) is 0 Å². The van der Waals surface area contributed by atoms with Gasteiger partial charge in [0.1, 0.15) is 47.2 Å². The lowest BCUT2D eigenvalue weighted by Crippen LogP contribution is -2.55. The van der Waals surface area contributed by atoms with Crippen LogP contribution in [0.1, 0.15) is 90.0 Å². The van der Waals surface area contributed by atoms with Crippen LogP contribution in [0.4, 0.5) is 59.9 Å². The highest BCUT2D eigenvalue weighted by Crippen LogP contribution is 2.38. The Morgan fingerprint density at radius 3 is 1.35 bits per heavy atom. The van der Waals surface area contributed by atoms with Crippen LogP contribution in [0.5, 0.6) is 0 Å². The monoisotopic (exact) mass is 1240 g/mol. The number of aromatic nitrogens is 3. The van der Waals surface area contributed by atoms with Gasteiger partial charge in [-0.2, -0.15) is 55.3 Å². The average Bonchev–Trinajstić information content (AvgIpc) is 1.24. The summed E-state index contributed by atoms with van der Waals surface area (Å²) >= 11 is 0. The molecule has 0 spiro atoms. The number of nitrogens with zero attached hydrogens (tertiary/aromatic N) is 8. The maximum atomic E-state index is 13.5. The second-order valence-electron chi connectivity index (χ2n) is 17.6. The van der Waals surface area contributed by atoms with Crippen molar-refractivity contribution in [3.05, 3.63) is 146 Å². The summed E-state index contributed by atoms with van der Waals surface area (Å²) in [7, 11) is -8.28. The van der Waals surface area contributed by atoms with Crippen LogP contribution in [0, 0.1) is 57.5 Å². The molecule has 3 N–H and O–H groups in total. The summed E-state index contributed by atoms with van der Waals surface area (Å²) in [6.07, 6.45) is -14.9. The molecule has 0 saturated carbocycles. The molecule has 2 aromatic carbocycles. The third kappa shape index (κ3) is 17.5. The van der Waals surface area contributed by atoms with Crippen LogP contribution >= 0.6 is 0 Å². The smallest absolute Gasteiger partial charge is 0.434 e. The van der Waals surface area contributed by atoms with E-state index in [4.69, 9.17) is 10.4 Å². The molecule has 85 heavy (non-hydrogen) atoms. The lowest BCUT2D eigenvalue weighted by atomic mass is 9.98. The lowest BCUT2D eigenvalue weighted by molar-refractivity contribution is -0.142. The predicted molar refractivity (Wildman–Crippen MR) is 266 cm³/mol. The molecule has 2 aliphatic rings. The van der Waals surface area contributed by atoms with Crippen LogP contribution in [-0.4, -0.2) is 106 Å². The number of rotatable bonds is 15. The summed E-state index contributed by atoms with van der Waals surface area (Å²) in [6, 6.07) is 17.3. The highest BCUT2D eigenvalue weighted by molar-refractivity contribution is 7.89. The van der Waals surface area contributed by atoms with E-state index in [1.807, 2.05) is 9.44 Å². The van der Waals surface area contributed by atoms with Crippen LogP contribution in [-0.2, 0) is 69.1 Å². The maximum absolute atomic E-state index is 13.5. The largest absolute Gasteiger partial charge is 0.478 e. The number of ether oxygens (including phenoxy) is 2. The van der Waals surface area contributed by atoms with E-state index in [0.717, 1.165) is 42.5 Å². The van der Waals surface area contributed by atoms with E-state index in [-0.39, 0.29) is 61.6 Å². The predicted octanol–water partition coefficient (Wildman–Crippen LogP) is 6.41. The third-order valence-corrected chi connectivity index (χ3v) is 13.9. The minimum absolute atomic E-state index is 0.116. The van der Waals surface area contributed by atoms with Crippen molar-refractivity contribution >= 4 is 61.4 Å². The number of nitrogens with one attached hydrogen (secondary N) is 2. The Bertz CT molecular complexity index is 3760. The van der Waals surface area contributed by atoms with Crippen LogP contribution < -0.4 is 19.2 Å². The fourth-order valence-corrected chi connectivity index (χ4v) is 9.89. The number of aromatic carboxylic acids is 1. The SMILES string of the molecule is CCOC(=O)c1cc(C#N)c(N2CC(C(=O)NS(=O)(=O)Cc3ccc(F)cc3)C2)nc1C(F)(F)F.CCOC(=O)c1cc(C#N)c(N2CC(C(=O)NS(=O)(=O)Cc3cccc(F)c3)C2)nc1C(F)(F)F.N#Cc1ccc(C(=O)O)c(C(F)(F)F)n1. The third-order valence-electron chi connectivity index (χ3n) is 11.4. The fourth-order valence-electron chi connectivity index (χ4n) is 7.55. The Kier molecular flexibility index (Phi) is 20.9. The molecule has 0 atom stereocenters. The number of carbonyl (C=O) groups excluding carboxylic acids is 4. The van der Waals surface area contributed by atoms with Gasteiger partial charge in [0.25, 0.3) is 0 Å². The number of carboxylic acids is 1. The molecule has 2 saturated heterocycles. The van der Waals surface area contributed by atoms with E-state index in [1.165, 1.54) is 54.0 Å². The number of carbonyl (C=O) groups is 5. The molecule has 0 unspecified atom stereocenters. The quantitative estimate of drug-likeness (QED) is 0.0752. The molecule has 35 heteroatoms. The van der Waals surface area contributed by atoms with Crippen molar-refractivity contribution in [3.63, 3.8) is 0 Å². The summed E-state index contributed by atoms with van der Waals surface area (Å²) in [4.78, 5) is 71.3. The van der Waals surface area contributed by atoms with Gasteiger partial charge >= 0.3 is 36.4 Å². The first-order chi connectivity index (χ1) is 39.5. The van der Waals surface area contributed by atoms with Gasteiger partial charge in [-0.3, -0.25) is 19.0 Å². The first-order valence-corrected chi connectivity index (χ1v) is 27.0. The number of carboxylic acid groups (broad SMARTS) is 1. The summed E-state index contributed by atoms with van der Waals surface area (Å²) in [6.45, 7) is 1.56. The van der Waals surface area contributed by atoms with Gasteiger partial charge in [0.05, 0.1) is 64.4 Å². The standard InChI is InChI=1S/2C21H18F4N4O5S.C8H3F3N2O2/c1-2-34-20(31)16-7-13(8-26)18(27-17(16)21(23,24)25)29-9-14(10-29)19(30)28-35(32,33)11-12-3-5-15(22)6-4-12;1-2-34-20(31)16-7-13(8-26)18(27-17(16)21(23,24)25)29-9-14(10-29)19(30)28-35(32,33)11-12-4-3-5-15(22)6-12;9-8(10,11)6-5(7(14)15)2-1-4(3-12)13-6/h2*3-7,14H,2,9-11H2,1H3,(H,28,30);1-2H,(H,14,15). The topological polar surface area (TPSA) is 333 Å². The number of amides is 2. The number of alkyl halides is 9. The van der Waals surface area contributed by atoms with E-state index in [9.17, 15) is 99.6 Å². The minimum Gasteiger partial charge on any atom is -0.478 e. The summed E-state index contributed by atoms with van der Waals surface area (Å²) in [5.74, 6) is -11.2. The van der Waals surface area contributed by atoms with E-state index in [1.54, 1.807) is 12.1 Å². The van der Waals surface area contributed by atoms with Crippen molar-refractivity contribution in [2.24, 2.45) is 11.8 Å². The van der Waals surface area contributed by atoms with Crippen molar-refractivity contribution in [3.8, 4) is 18.2 Å². The molecular formula is C50H39F11N10O12S2. The molecule has 450 valence electrons. The average molecular weight is 1250 g/mol. The molecule has 7 rings (SSSR count). The van der Waals surface area contributed by atoms with Gasteiger partial charge in [-0.05, 0) is 73.5 Å². The van der Waals surface area contributed by atoms with Gasteiger partial charge in [-0.25, -0.2) is 55.0 Å². The van der Waals surface area contributed by atoms with Crippen LogP contribution in [0.25, 0.3) is 0 Å². The molecule has 2 amide bonds. The van der Waals surface area contributed by atoms with Crippen molar-refractivity contribution < 1.29 is 104 Å². The van der Waals surface area contributed by atoms with Gasteiger partial charge in [-0.15, -0.1) is 0 Å². The number of anilines is 2. The molecule has 0 aliphatic carbocycles. The summed E-state index contributed by atoms with van der Waals surface area (Å²) < 4.78 is 206. The lowest BCUT2D eigenvalue weighted by Gasteiger charge is -2.39. The van der Waals surface area contributed by atoms with Gasteiger partial charge in [-0.1, -0.05) is 24.3 Å². The number of pyridine rings is 3. The Morgan fingerprint density at radius 1 is 0.576 bits per heavy atom. The normalized spacial score (nSPS) is 13.5. The van der Waals surface area contributed by atoms with E-state index in [2.05, 4.69) is 24.4 Å². The van der Waals surface area contributed by atoms with Gasteiger partial charge < -0.3 is 24.4 Å². The molecule has 22 nitrogen and oxygen atoms in total. The van der Waals surface area contributed by atoms with Gasteiger partial charge in [0, 0.05) is 26.2 Å². The Morgan fingerprint density at radius 2 is 0.988 bits per heavy atom. The van der Waals surface area contributed by atoms with Gasteiger partial charge in [0.15, 0.2) is 17.1 Å². The van der Waals surface area contributed by atoms with Crippen molar-refractivity contribution in [1.82, 2.24) is 24.4 Å². The second kappa shape index (κ2) is 26.8. The molecule has 2 aliphatic heterocycles. The molecule has 0 radical (unpaired) electrons. The van der Waals surface area contributed by atoms with E-state index < -0.39 is 154 Å². The Labute approximate surface area is 473 Å². The molecule has 5 heterocycles. The number of nitriles is 3. The molecule has 3 aromatic heterocycles. The molecule has 0 bridgehead atoms. The summed E-state index contributed by atoms with van der Waals surface area (Å²) in [5.41, 5.74) is -8.27. The van der Waals surface area contributed by atoms with E-state index >= 15 is 0 Å². The zero-order valence-electron chi connectivity index (χ0n) is 43.2. The van der Waals surface area contributed by atoms with Crippen LogP contribution in [0.15, 0.2) is 72.8 Å². The Hall–Kier alpha value is -9.56. The van der Waals surface area contributed by atoms with Crippen molar-refractivity contribution in [2.75, 3.05) is 49.2 Å². The first kappa shape index (κ1) is 66.2. The molecule has 2 fully saturated rings.